The largest absolute Gasteiger partial charge is 0.466 e. The second-order valence-corrected chi connectivity index (χ2v) is 3.98. The van der Waals surface area contributed by atoms with Gasteiger partial charge in [-0.15, -0.1) is 0 Å². The lowest BCUT2D eigenvalue weighted by Gasteiger charge is -2.08. The fraction of sp³-hybridized carbons (Fsp3) is 0.833. The van der Waals surface area contributed by atoms with Crippen LogP contribution in [0.1, 0.15) is 46.5 Å². The second kappa shape index (κ2) is 9.19. The molecule has 94 valence electrons. The SMILES string of the molecule is CCOC(=O)CCCNC(=O)CC(C)CC. The highest BCUT2D eigenvalue weighted by Crippen LogP contribution is 2.05. The molecule has 0 aromatic carbocycles. The molecule has 0 aliphatic rings. The van der Waals surface area contributed by atoms with Gasteiger partial charge in [-0.2, -0.15) is 0 Å². The third kappa shape index (κ3) is 8.26. The van der Waals surface area contributed by atoms with Crippen LogP contribution in [0.15, 0.2) is 0 Å². The molecule has 0 aliphatic heterocycles. The standard InChI is InChI=1S/C12H23NO3/c1-4-10(3)9-11(14)13-8-6-7-12(15)16-5-2/h10H,4-9H2,1-3H3,(H,13,14). The first-order chi connectivity index (χ1) is 7.60. The minimum absolute atomic E-state index is 0.0678. The quantitative estimate of drug-likeness (QED) is 0.510. The summed E-state index contributed by atoms with van der Waals surface area (Å²) in [6.45, 7) is 6.87. The van der Waals surface area contributed by atoms with E-state index in [1.807, 2.05) is 0 Å². The van der Waals surface area contributed by atoms with Crippen molar-refractivity contribution in [2.24, 2.45) is 5.92 Å². The topological polar surface area (TPSA) is 55.4 Å². The highest BCUT2D eigenvalue weighted by Gasteiger charge is 2.07. The van der Waals surface area contributed by atoms with Crippen LogP contribution in [0.4, 0.5) is 0 Å². The van der Waals surface area contributed by atoms with Crippen LogP contribution in [0.2, 0.25) is 0 Å². The maximum absolute atomic E-state index is 11.4. The lowest BCUT2D eigenvalue weighted by molar-refractivity contribution is -0.143. The summed E-state index contributed by atoms with van der Waals surface area (Å²) in [4.78, 5) is 22.3. The number of hydrogen-bond donors (Lipinski definition) is 1. The fourth-order valence-electron chi connectivity index (χ4n) is 1.23. The van der Waals surface area contributed by atoms with Crippen LogP contribution in [0.25, 0.3) is 0 Å². The van der Waals surface area contributed by atoms with Crippen LogP contribution in [-0.4, -0.2) is 25.0 Å². The highest BCUT2D eigenvalue weighted by atomic mass is 16.5. The van der Waals surface area contributed by atoms with E-state index in [2.05, 4.69) is 19.2 Å². The zero-order valence-corrected chi connectivity index (χ0v) is 10.5. The molecule has 0 spiro atoms. The van der Waals surface area contributed by atoms with E-state index in [1.165, 1.54) is 0 Å². The summed E-state index contributed by atoms with van der Waals surface area (Å²) in [6.07, 6.45) is 2.59. The molecule has 0 rings (SSSR count). The Kier molecular flexibility index (Phi) is 8.58. The van der Waals surface area contributed by atoms with Gasteiger partial charge in [0.25, 0.3) is 0 Å². The van der Waals surface area contributed by atoms with Crippen LogP contribution < -0.4 is 5.32 Å². The van der Waals surface area contributed by atoms with E-state index < -0.39 is 0 Å². The van der Waals surface area contributed by atoms with E-state index in [1.54, 1.807) is 6.92 Å². The molecule has 0 heterocycles. The van der Waals surface area contributed by atoms with Gasteiger partial charge in [-0.3, -0.25) is 9.59 Å². The molecule has 0 fully saturated rings. The predicted octanol–water partition coefficient (Wildman–Crippen LogP) is 1.88. The first-order valence-corrected chi connectivity index (χ1v) is 6.02. The van der Waals surface area contributed by atoms with Gasteiger partial charge in [-0.1, -0.05) is 20.3 Å². The number of hydrogen-bond acceptors (Lipinski definition) is 3. The molecule has 1 N–H and O–H groups in total. The molecule has 0 aliphatic carbocycles. The van der Waals surface area contributed by atoms with E-state index in [-0.39, 0.29) is 11.9 Å². The normalized spacial score (nSPS) is 11.9. The zero-order chi connectivity index (χ0) is 12.4. The molecule has 1 amide bonds. The van der Waals surface area contributed by atoms with Gasteiger partial charge in [-0.25, -0.2) is 0 Å². The summed E-state index contributed by atoms with van der Waals surface area (Å²) in [5.41, 5.74) is 0. The smallest absolute Gasteiger partial charge is 0.305 e. The van der Waals surface area contributed by atoms with Crippen molar-refractivity contribution in [2.75, 3.05) is 13.2 Å². The average molecular weight is 229 g/mol. The summed E-state index contributed by atoms with van der Waals surface area (Å²) >= 11 is 0. The minimum Gasteiger partial charge on any atom is -0.466 e. The number of carbonyl (C=O) groups is 2. The van der Waals surface area contributed by atoms with Gasteiger partial charge in [-0.05, 0) is 19.3 Å². The second-order valence-electron chi connectivity index (χ2n) is 3.98. The van der Waals surface area contributed by atoms with Gasteiger partial charge in [0.2, 0.25) is 5.91 Å². The van der Waals surface area contributed by atoms with Gasteiger partial charge in [0, 0.05) is 19.4 Å². The summed E-state index contributed by atoms with van der Waals surface area (Å²) in [5.74, 6) is 0.293. The zero-order valence-electron chi connectivity index (χ0n) is 10.5. The van der Waals surface area contributed by atoms with Crippen LogP contribution in [0.3, 0.4) is 0 Å². The number of amides is 1. The van der Waals surface area contributed by atoms with Gasteiger partial charge in [0.05, 0.1) is 6.61 Å². The van der Waals surface area contributed by atoms with Crippen molar-refractivity contribution in [1.29, 1.82) is 0 Å². The molecule has 0 saturated carbocycles. The fourth-order valence-corrected chi connectivity index (χ4v) is 1.23. The van der Waals surface area contributed by atoms with E-state index in [0.29, 0.717) is 38.3 Å². The third-order valence-electron chi connectivity index (χ3n) is 2.42. The van der Waals surface area contributed by atoms with Crippen molar-refractivity contribution in [3.05, 3.63) is 0 Å². The number of ether oxygens (including phenoxy) is 1. The Labute approximate surface area is 97.7 Å². The van der Waals surface area contributed by atoms with Gasteiger partial charge in [0.1, 0.15) is 0 Å². The molecule has 0 saturated heterocycles. The van der Waals surface area contributed by atoms with Crippen molar-refractivity contribution < 1.29 is 14.3 Å². The monoisotopic (exact) mass is 229 g/mol. The van der Waals surface area contributed by atoms with Crippen LogP contribution >= 0.6 is 0 Å². The van der Waals surface area contributed by atoms with Gasteiger partial charge < -0.3 is 10.1 Å². The summed E-state index contributed by atoms with van der Waals surface area (Å²) in [6, 6.07) is 0. The maximum atomic E-state index is 11.4. The molecule has 16 heavy (non-hydrogen) atoms. The van der Waals surface area contributed by atoms with Crippen molar-refractivity contribution in [3.8, 4) is 0 Å². The van der Waals surface area contributed by atoms with Crippen molar-refractivity contribution in [2.45, 2.75) is 46.5 Å². The van der Waals surface area contributed by atoms with Crippen LogP contribution in [0.5, 0.6) is 0 Å². The van der Waals surface area contributed by atoms with E-state index in [0.717, 1.165) is 6.42 Å². The minimum atomic E-state index is -0.196. The number of esters is 1. The molecular formula is C12H23NO3. The van der Waals surface area contributed by atoms with E-state index >= 15 is 0 Å². The molecular weight excluding hydrogens is 206 g/mol. The Bertz CT molecular complexity index is 216. The molecule has 4 heteroatoms. The number of carbonyl (C=O) groups excluding carboxylic acids is 2. The van der Waals surface area contributed by atoms with Crippen molar-refractivity contribution >= 4 is 11.9 Å². The lowest BCUT2D eigenvalue weighted by Crippen LogP contribution is -2.26. The summed E-state index contributed by atoms with van der Waals surface area (Å²) < 4.78 is 4.78. The third-order valence-corrected chi connectivity index (χ3v) is 2.42. The van der Waals surface area contributed by atoms with Crippen molar-refractivity contribution in [3.63, 3.8) is 0 Å². The van der Waals surface area contributed by atoms with E-state index in [4.69, 9.17) is 4.74 Å². The van der Waals surface area contributed by atoms with Gasteiger partial charge >= 0.3 is 5.97 Å². The maximum Gasteiger partial charge on any atom is 0.305 e. The Morgan fingerprint density at radius 1 is 1.31 bits per heavy atom. The highest BCUT2D eigenvalue weighted by molar-refractivity contribution is 5.76. The first kappa shape index (κ1) is 14.9. The summed E-state index contributed by atoms with van der Waals surface area (Å²) in [5, 5.41) is 2.80. The predicted molar refractivity (Wildman–Crippen MR) is 62.9 cm³/mol. The van der Waals surface area contributed by atoms with Gasteiger partial charge in [0.15, 0.2) is 0 Å². The number of nitrogens with one attached hydrogen (secondary N) is 1. The molecule has 1 atom stereocenters. The number of rotatable bonds is 8. The molecule has 4 nitrogen and oxygen atoms in total. The lowest BCUT2D eigenvalue weighted by atomic mass is 10.1. The molecule has 1 unspecified atom stereocenters. The molecule has 0 radical (unpaired) electrons. The Morgan fingerprint density at radius 2 is 2.00 bits per heavy atom. The van der Waals surface area contributed by atoms with Crippen LogP contribution in [0, 0.1) is 5.92 Å². The van der Waals surface area contributed by atoms with Crippen LogP contribution in [-0.2, 0) is 14.3 Å². The average Bonchev–Trinajstić information content (AvgIpc) is 2.24. The summed E-state index contributed by atoms with van der Waals surface area (Å²) in [7, 11) is 0. The first-order valence-electron chi connectivity index (χ1n) is 6.02. The molecule has 0 aromatic heterocycles. The molecule has 0 bridgehead atoms. The molecule has 0 aromatic rings. The Hall–Kier alpha value is -1.06. The van der Waals surface area contributed by atoms with Crippen molar-refractivity contribution in [1.82, 2.24) is 5.32 Å². The van der Waals surface area contributed by atoms with E-state index in [9.17, 15) is 9.59 Å². The Morgan fingerprint density at radius 3 is 2.56 bits per heavy atom. The Balaban J connectivity index is 3.44.